The van der Waals surface area contributed by atoms with Crippen LogP contribution in [-0.2, 0) is 9.59 Å². The first-order valence-corrected chi connectivity index (χ1v) is 12.6. The van der Waals surface area contributed by atoms with Crippen molar-refractivity contribution in [2.45, 2.75) is 25.7 Å². The van der Waals surface area contributed by atoms with Gasteiger partial charge in [-0.1, -0.05) is 109 Å². The first-order chi connectivity index (χ1) is 16.6. The third kappa shape index (κ3) is 6.22. The molecule has 34 heavy (non-hydrogen) atoms. The van der Waals surface area contributed by atoms with Gasteiger partial charge in [0, 0.05) is 24.0 Å². The minimum Gasteiger partial charge on any atom is -0.326 e. The molecule has 0 atom stereocenters. The highest BCUT2D eigenvalue weighted by molar-refractivity contribution is 8.26. The monoisotopic (exact) mass is 486 g/mol. The van der Waals surface area contributed by atoms with Gasteiger partial charge < -0.3 is 5.32 Å². The maximum absolute atomic E-state index is 12.7. The smallest absolute Gasteiger partial charge is 0.266 e. The van der Waals surface area contributed by atoms with E-state index in [0.29, 0.717) is 22.2 Å². The number of unbranched alkanes of at least 4 members (excludes halogenated alkanes) is 2. The molecule has 0 bridgehead atoms. The second-order valence-electron chi connectivity index (χ2n) is 8.01. The summed E-state index contributed by atoms with van der Waals surface area (Å²) in [5, 5.41) is 5.17. The van der Waals surface area contributed by atoms with Gasteiger partial charge >= 0.3 is 0 Å². The van der Waals surface area contributed by atoms with Crippen LogP contribution < -0.4 is 5.32 Å². The summed E-state index contributed by atoms with van der Waals surface area (Å²) in [5.41, 5.74) is 1.92. The summed E-state index contributed by atoms with van der Waals surface area (Å²) in [6.45, 7) is 0.579. The van der Waals surface area contributed by atoms with Crippen molar-refractivity contribution in [1.29, 1.82) is 0 Å². The molecular formula is C28H26N2O2S2. The van der Waals surface area contributed by atoms with Crippen LogP contribution in [-0.4, -0.2) is 27.6 Å². The van der Waals surface area contributed by atoms with Crippen molar-refractivity contribution in [3.8, 4) is 0 Å². The van der Waals surface area contributed by atoms with Gasteiger partial charge in [-0.05, 0) is 35.9 Å². The summed E-state index contributed by atoms with van der Waals surface area (Å²) < 4.78 is 0.595. The van der Waals surface area contributed by atoms with E-state index in [1.165, 1.54) is 11.8 Å². The Morgan fingerprint density at radius 2 is 1.71 bits per heavy atom. The quantitative estimate of drug-likeness (QED) is 0.205. The van der Waals surface area contributed by atoms with Crippen LogP contribution in [0.25, 0.3) is 16.8 Å². The third-order valence-corrected chi connectivity index (χ3v) is 6.95. The van der Waals surface area contributed by atoms with Crippen LogP contribution in [0.1, 0.15) is 31.2 Å². The van der Waals surface area contributed by atoms with Crippen LogP contribution in [0.3, 0.4) is 0 Å². The molecule has 0 unspecified atom stereocenters. The van der Waals surface area contributed by atoms with E-state index < -0.39 is 0 Å². The number of allylic oxidation sites excluding steroid dienone is 2. The van der Waals surface area contributed by atoms with Crippen LogP contribution >= 0.6 is 24.0 Å². The fourth-order valence-electron chi connectivity index (χ4n) is 3.80. The van der Waals surface area contributed by atoms with Crippen LogP contribution in [0.5, 0.6) is 0 Å². The first-order valence-electron chi connectivity index (χ1n) is 11.4. The molecule has 2 amide bonds. The van der Waals surface area contributed by atoms with Crippen molar-refractivity contribution in [2.75, 3.05) is 11.9 Å². The number of thiocarbonyl (C=S) groups is 1. The summed E-state index contributed by atoms with van der Waals surface area (Å²) in [7, 11) is 0. The lowest BCUT2D eigenvalue weighted by atomic mass is 10.1. The Labute approximate surface area is 209 Å². The lowest BCUT2D eigenvalue weighted by molar-refractivity contribution is -0.122. The van der Waals surface area contributed by atoms with Gasteiger partial charge in [0.05, 0.1) is 4.91 Å². The van der Waals surface area contributed by atoms with Gasteiger partial charge in [0.2, 0.25) is 5.91 Å². The average Bonchev–Trinajstić information content (AvgIpc) is 3.12. The molecule has 1 saturated heterocycles. The molecule has 0 aromatic heterocycles. The average molecular weight is 487 g/mol. The summed E-state index contributed by atoms with van der Waals surface area (Å²) in [5.74, 6) is -0.0310. The van der Waals surface area contributed by atoms with Crippen molar-refractivity contribution in [2.24, 2.45) is 0 Å². The van der Waals surface area contributed by atoms with Gasteiger partial charge in [0.25, 0.3) is 5.91 Å². The molecule has 3 aromatic rings. The predicted molar refractivity (Wildman–Crippen MR) is 147 cm³/mol. The van der Waals surface area contributed by atoms with Crippen molar-refractivity contribution < 1.29 is 9.59 Å². The van der Waals surface area contributed by atoms with E-state index in [1.807, 2.05) is 91.0 Å². The highest BCUT2D eigenvalue weighted by Gasteiger charge is 2.30. The fourth-order valence-corrected chi connectivity index (χ4v) is 5.06. The van der Waals surface area contributed by atoms with Gasteiger partial charge in [0.1, 0.15) is 4.32 Å². The number of amides is 2. The lowest BCUT2D eigenvalue weighted by Crippen LogP contribution is -2.29. The number of hydrogen-bond acceptors (Lipinski definition) is 4. The Kier molecular flexibility index (Phi) is 8.28. The topological polar surface area (TPSA) is 49.4 Å². The van der Waals surface area contributed by atoms with Crippen molar-refractivity contribution in [1.82, 2.24) is 4.90 Å². The largest absolute Gasteiger partial charge is 0.326 e. The van der Waals surface area contributed by atoms with Crippen molar-refractivity contribution in [3.05, 3.63) is 95.4 Å². The van der Waals surface area contributed by atoms with Gasteiger partial charge in [-0.3, -0.25) is 14.5 Å². The van der Waals surface area contributed by atoms with E-state index in [1.54, 1.807) is 4.90 Å². The number of nitrogens with one attached hydrogen (secondary N) is 1. The molecule has 1 N–H and O–H groups in total. The Balaban J connectivity index is 1.20. The number of thioether (sulfide) groups is 1. The SMILES string of the molecule is O=C(CCCCCN1C(=O)/C(=C/C=C/c2ccccc2)SC1=S)Nc1cccc2ccccc12. The number of fused-ring (bicyclic) bond motifs is 1. The van der Waals surface area contributed by atoms with Crippen molar-refractivity contribution >= 4 is 62.7 Å². The zero-order valence-electron chi connectivity index (χ0n) is 18.8. The third-order valence-electron chi connectivity index (χ3n) is 5.56. The summed E-state index contributed by atoms with van der Waals surface area (Å²) in [6.07, 6.45) is 8.55. The lowest BCUT2D eigenvalue weighted by Gasteiger charge is -2.14. The first kappa shape index (κ1) is 23.9. The molecule has 1 aliphatic heterocycles. The van der Waals surface area contributed by atoms with Crippen LogP contribution in [0, 0.1) is 0 Å². The number of rotatable bonds is 9. The van der Waals surface area contributed by atoms with Gasteiger partial charge in [0.15, 0.2) is 0 Å². The molecule has 4 rings (SSSR count). The second kappa shape index (κ2) is 11.8. The Hall–Kier alpha value is -3.22. The molecule has 172 valence electrons. The molecule has 0 spiro atoms. The molecule has 0 saturated carbocycles. The van der Waals surface area contributed by atoms with E-state index in [4.69, 9.17) is 12.2 Å². The number of hydrogen-bond donors (Lipinski definition) is 1. The van der Waals surface area contributed by atoms with E-state index in [2.05, 4.69) is 5.32 Å². The van der Waals surface area contributed by atoms with E-state index in [0.717, 1.165) is 41.3 Å². The molecule has 1 fully saturated rings. The zero-order valence-corrected chi connectivity index (χ0v) is 20.4. The molecule has 0 radical (unpaired) electrons. The van der Waals surface area contributed by atoms with Gasteiger partial charge in [-0.25, -0.2) is 0 Å². The van der Waals surface area contributed by atoms with E-state index >= 15 is 0 Å². The van der Waals surface area contributed by atoms with Gasteiger partial charge in [-0.2, -0.15) is 0 Å². The number of benzene rings is 3. The molecule has 1 aliphatic rings. The minimum absolute atomic E-state index is 0.00935. The van der Waals surface area contributed by atoms with Crippen LogP contribution in [0.2, 0.25) is 0 Å². The highest BCUT2D eigenvalue weighted by atomic mass is 32.2. The zero-order chi connectivity index (χ0) is 23.8. The summed E-state index contributed by atoms with van der Waals surface area (Å²) >= 11 is 6.75. The molecule has 6 heteroatoms. The van der Waals surface area contributed by atoms with E-state index in [9.17, 15) is 9.59 Å². The number of nitrogens with zero attached hydrogens (tertiary/aromatic N) is 1. The van der Waals surface area contributed by atoms with Gasteiger partial charge in [-0.15, -0.1) is 0 Å². The van der Waals surface area contributed by atoms with Crippen LogP contribution in [0.4, 0.5) is 5.69 Å². The van der Waals surface area contributed by atoms with Crippen molar-refractivity contribution in [3.63, 3.8) is 0 Å². The number of carbonyl (C=O) groups excluding carboxylic acids is 2. The molecule has 3 aromatic carbocycles. The maximum Gasteiger partial charge on any atom is 0.266 e. The molecule has 4 nitrogen and oxygen atoms in total. The predicted octanol–water partition coefficient (Wildman–Crippen LogP) is 6.80. The summed E-state index contributed by atoms with van der Waals surface area (Å²) in [4.78, 5) is 27.4. The number of anilines is 1. The maximum atomic E-state index is 12.7. The normalized spacial score (nSPS) is 15.1. The number of carbonyl (C=O) groups is 2. The summed E-state index contributed by atoms with van der Waals surface area (Å²) in [6, 6.07) is 23.9. The fraction of sp³-hybridized carbons (Fsp3) is 0.179. The molecule has 0 aliphatic carbocycles. The standard InChI is InChI=1S/C28H26N2O2S2/c31-26(29-24-17-10-15-22-14-6-7-16-23(22)24)19-5-2-8-20-30-27(32)25(34-28(30)33)18-9-13-21-11-3-1-4-12-21/h1,3-4,6-7,9-18H,2,5,8,19-20H2,(H,29,31)/b13-9+,25-18-. The highest BCUT2D eigenvalue weighted by Crippen LogP contribution is 2.31. The molecule has 1 heterocycles. The Bertz CT molecular complexity index is 1250. The Morgan fingerprint density at radius 3 is 2.56 bits per heavy atom. The van der Waals surface area contributed by atoms with E-state index in [-0.39, 0.29) is 11.8 Å². The second-order valence-corrected chi connectivity index (χ2v) is 9.69. The Morgan fingerprint density at radius 1 is 0.941 bits per heavy atom. The molecular weight excluding hydrogens is 460 g/mol. The minimum atomic E-state index is -0.0404. The van der Waals surface area contributed by atoms with Crippen LogP contribution in [0.15, 0.2) is 89.9 Å².